The van der Waals surface area contributed by atoms with Crippen LogP contribution in [0.2, 0.25) is 0 Å². The van der Waals surface area contributed by atoms with Crippen LogP contribution in [0.1, 0.15) is 31.0 Å². The Bertz CT molecular complexity index is 424. The van der Waals surface area contributed by atoms with Gasteiger partial charge in [-0.1, -0.05) is 26.0 Å². The fourth-order valence-electron chi connectivity index (χ4n) is 2.03. The molecular formula is C14H20FNS2. The summed E-state index contributed by atoms with van der Waals surface area (Å²) in [5.41, 5.74) is 7.89. The second-order valence-corrected chi connectivity index (χ2v) is 7.98. The molecule has 0 radical (unpaired) electrons. The van der Waals surface area contributed by atoms with Gasteiger partial charge in [-0.05, 0) is 24.1 Å². The van der Waals surface area contributed by atoms with Gasteiger partial charge >= 0.3 is 0 Å². The van der Waals surface area contributed by atoms with Gasteiger partial charge in [0.25, 0.3) is 0 Å². The fraction of sp³-hybridized carbons (Fsp3) is 0.571. The van der Waals surface area contributed by atoms with Gasteiger partial charge in [0.15, 0.2) is 0 Å². The van der Waals surface area contributed by atoms with Crippen molar-refractivity contribution < 1.29 is 4.39 Å². The maximum absolute atomic E-state index is 13.6. The van der Waals surface area contributed by atoms with Crippen LogP contribution >= 0.6 is 23.5 Å². The predicted molar refractivity (Wildman–Crippen MR) is 80.8 cm³/mol. The van der Waals surface area contributed by atoms with E-state index in [9.17, 15) is 4.39 Å². The molecule has 1 heterocycles. The highest BCUT2D eigenvalue weighted by atomic mass is 32.2. The molecule has 0 amide bonds. The Morgan fingerprint density at radius 2 is 2.06 bits per heavy atom. The molecule has 1 aromatic rings. The zero-order valence-corrected chi connectivity index (χ0v) is 12.7. The quantitative estimate of drug-likeness (QED) is 0.896. The van der Waals surface area contributed by atoms with Crippen LogP contribution in [0, 0.1) is 12.7 Å². The Kier molecular flexibility index (Phi) is 4.62. The summed E-state index contributed by atoms with van der Waals surface area (Å²) in [6.07, 6.45) is 0. The van der Waals surface area contributed by atoms with Gasteiger partial charge < -0.3 is 5.73 Å². The molecule has 1 aliphatic rings. The summed E-state index contributed by atoms with van der Waals surface area (Å²) in [5.74, 6) is 0.894. The van der Waals surface area contributed by atoms with Crippen molar-refractivity contribution in [2.75, 3.05) is 5.75 Å². The van der Waals surface area contributed by atoms with Crippen LogP contribution in [0.3, 0.4) is 0 Å². The molecule has 4 unspecified atom stereocenters. The lowest BCUT2D eigenvalue weighted by Gasteiger charge is -2.34. The zero-order valence-electron chi connectivity index (χ0n) is 11.0. The number of hydrogen-bond donors (Lipinski definition) is 1. The number of aryl methyl sites for hydroxylation is 1. The number of benzene rings is 1. The van der Waals surface area contributed by atoms with Crippen molar-refractivity contribution in [3.63, 3.8) is 0 Å². The Balaban J connectivity index is 2.11. The standard InChI is InChI=1S/C14H20FNS2/c1-8-4-5-11(6-12(8)15)14(16)13-7-17-9(2)10(3)18-13/h4-6,9-10,13-14H,7,16H2,1-3H3. The third-order valence-electron chi connectivity index (χ3n) is 3.56. The van der Waals surface area contributed by atoms with Crippen LogP contribution in [0.5, 0.6) is 0 Å². The number of rotatable bonds is 2. The average molecular weight is 285 g/mol. The highest BCUT2D eigenvalue weighted by Crippen LogP contribution is 2.40. The first-order chi connectivity index (χ1) is 8.49. The fourth-order valence-corrected chi connectivity index (χ4v) is 5.08. The summed E-state index contributed by atoms with van der Waals surface area (Å²) in [7, 11) is 0. The van der Waals surface area contributed by atoms with Crippen LogP contribution in [-0.2, 0) is 0 Å². The molecule has 1 fully saturated rings. The van der Waals surface area contributed by atoms with E-state index in [1.807, 2.05) is 35.7 Å². The van der Waals surface area contributed by atoms with Gasteiger partial charge in [-0.3, -0.25) is 0 Å². The highest BCUT2D eigenvalue weighted by Gasteiger charge is 2.30. The Labute approximate surface area is 117 Å². The first-order valence-corrected chi connectivity index (χ1v) is 8.27. The van der Waals surface area contributed by atoms with Gasteiger partial charge in [0, 0.05) is 27.5 Å². The normalized spacial score (nSPS) is 30.2. The van der Waals surface area contributed by atoms with E-state index >= 15 is 0 Å². The van der Waals surface area contributed by atoms with Crippen LogP contribution in [-0.4, -0.2) is 21.5 Å². The molecule has 2 rings (SSSR count). The molecule has 1 aromatic carbocycles. The summed E-state index contributed by atoms with van der Waals surface area (Å²) in [4.78, 5) is 0. The number of halogens is 1. The minimum atomic E-state index is -0.155. The molecule has 0 spiro atoms. The van der Waals surface area contributed by atoms with Crippen molar-refractivity contribution in [2.45, 2.75) is 42.6 Å². The van der Waals surface area contributed by atoms with E-state index < -0.39 is 0 Å². The number of nitrogens with two attached hydrogens (primary N) is 1. The van der Waals surface area contributed by atoms with Crippen LogP contribution in [0.15, 0.2) is 18.2 Å². The summed E-state index contributed by atoms with van der Waals surface area (Å²) in [6, 6.07) is 5.29. The van der Waals surface area contributed by atoms with Crippen molar-refractivity contribution in [2.24, 2.45) is 5.73 Å². The molecule has 0 saturated carbocycles. The zero-order chi connectivity index (χ0) is 13.3. The molecule has 18 heavy (non-hydrogen) atoms. The lowest BCUT2D eigenvalue weighted by molar-refractivity contribution is 0.609. The largest absolute Gasteiger partial charge is 0.323 e. The van der Waals surface area contributed by atoms with Gasteiger partial charge in [0.2, 0.25) is 0 Å². The van der Waals surface area contributed by atoms with Gasteiger partial charge in [0.1, 0.15) is 5.82 Å². The average Bonchev–Trinajstić information content (AvgIpc) is 2.35. The van der Waals surface area contributed by atoms with Crippen molar-refractivity contribution >= 4 is 23.5 Å². The molecule has 1 nitrogen and oxygen atoms in total. The van der Waals surface area contributed by atoms with Gasteiger partial charge in [0.05, 0.1) is 0 Å². The molecule has 1 aliphatic heterocycles. The molecule has 0 aromatic heterocycles. The lowest BCUT2D eigenvalue weighted by atomic mass is 10.0. The van der Waals surface area contributed by atoms with Gasteiger partial charge in [-0.15, -0.1) is 0 Å². The van der Waals surface area contributed by atoms with Gasteiger partial charge in [-0.25, -0.2) is 4.39 Å². The molecule has 100 valence electrons. The van der Waals surface area contributed by atoms with E-state index in [-0.39, 0.29) is 11.9 Å². The van der Waals surface area contributed by atoms with E-state index in [2.05, 4.69) is 13.8 Å². The Hall–Kier alpha value is -0.190. The smallest absolute Gasteiger partial charge is 0.126 e. The Morgan fingerprint density at radius 3 is 2.67 bits per heavy atom. The third kappa shape index (κ3) is 3.03. The first kappa shape index (κ1) is 14.2. The molecule has 0 aliphatic carbocycles. The molecule has 1 saturated heterocycles. The second-order valence-electron chi connectivity index (χ2n) is 4.95. The number of hydrogen-bond acceptors (Lipinski definition) is 3. The maximum atomic E-state index is 13.6. The van der Waals surface area contributed by atoms with E-state index in [0.29, 0.717) is 21.3 Å². The highest BCUT2D eigenvalue weighted by molar-refractivity contribution is 8.07. The number of thioether (sulfide) groups is 2. The van der Waals surface area contributed by atoms with E-state index in [1.165, 1.54) is 0 Å². The summed E-state index contributed by atoms with van der Waals surface area (Å²) in [6.45, 7) is 6.28. The molecular weight excluding hydrogens is 265 g/mol. The predicted octanol–water partition coefficient (Wildman–Crippen LogP) is 3.76. The van der Waals surface area contributed by atoms with E-state index in [0.717, 1.165) is 11.3 Å². The molecule has 2 N–H and O–H groups in total. The van der Waals surface area contributed by atoms with Crippen molar-refractivity contribution in [1.82, 2.24) is 0 Å². The molecule has 4 heteroatoms. The minimum absolute atomic E-state index is 0.0763. The van der Waals surface area contributed by atoms with Crippen LogP contribution in [0.4, 0.5) is 4.39 Å². The summed E-state index contributed by atoms with van der Waals surface area (Å²) < 4.78 is 13.6. The molecule has 4 atom stereocenters. The van der Waals surface area contributed by atoms with E-state index in [1.54, 1.807) is 13.0 Å². The second kappa shape index (κ2) is 5.85. The van der Waals surface area contributed by atoms with Crippen molar-refractivity contribution in [1.29, 1.82) is 0 Å². The third-order valence-corrected chi connectivity index (χ3v) is 7.07. The van der Waals surface area contributed by atoms with Gasteiger partial charge in [-0.2, -0.15) is 23.5 Å². The van der Waals surface area contributed by atoms with Crippen molar-refractivity contribution in [3.05, 3.63) is 35.1 Å². The summed E-state index contributed by atoms with van der Waals surface area (Å²) in [5, 5.41) is 1.66. The Morgan fingerprint density at radius 1 is 1.33 bits per heavy atom. The minimum Gasteiger partial charge on any atom is -0.323 e. The van der Waals surface area contributed by atoms with Crippen molar-refractivity contribution in [3.8, 4) is 0 Å². The van der Waals surface area contributed by atoms with Crippen LogP contribution in [0.25, 0.3) is 0 Å². The molecule has 0 bridgehead atoms. The summed E-state index contributed by atoms with van der Waals surface area (Å²) >= 11 is 3.91. The maximum Gasteiger partial charge on any atom is 0.126 e. The SMILES string of the molecule is Cc1ccc(C(N)C2CSC(C)C(C)S2)cc1F. The van der Waals surface area contributed by atoms with E-state index in [4.69, 9.17) is 5.73 Å². The first-order valence-electron chi connectivity index (χ1n) is 6.27. The van der Waals surface area contributed by atoms with Crippen LogP contribution < -0.4 is 5.73 Å². The monoisotopic (exact) mass is 285 g/mol. The lowest BCUT2D eigenvalue weighted by Crippen LogP contribution is -2.34. The topological polar surface area (TPSA) is 26.0 Å².